The average Bonchev–Trinajstić information content (AvgIpc) is 2.84. The van der Waals surface area contributed by atoms with Crippen LogP contribution in [0.25, 0.3) is 5.65 Å². The topological polar surface area (TPSA) is 53.7 Å². The largest absolute Gasteiger partial charge is 0.337 e. The van der Waals surface area contributed by atoms with E-state index in [0.29, 0.717) is 30.0 Å². The van der Waals surface area contributed by atoms with Gasteiger partial charge in [-0.1, -0.05) is 12.1 Å². The lowest BCUT2D eigenvalue weighted by atomic mass is 10.2. The number of halogens is 1. The zero-order chi connectivity index (χ0) is 18.8. The van der Waals surface area contributed by atoms with Gasteiger partial charge in [-0.3, -0.25) is 9.69 Å². The molecule has 140 valence electrons. The van der Waals surface area contributed by atoms with Crippen LogP contribution in [-0.4, -0.2) is 56.5 Å². The maximum Gasteiger partial charge on any atom is 0.259 e. The summed E-state index contributed by atoms with van der Waals surface area (Å²) in [5, 5.41) is 4.40. The van der Waals surface area contributed by atoms with Gasteiger partial charge in [0.2, 0.25) is 0 Å². The first kappa shape index (κ1) is 17.6. The van der Waals surface area contributed by atoms with E-state index in [4.69, 9.17) is 0 Å². The molecule has 3 aromatic rings. The van der Waals surface area contributed by atoms with Crippen LogP contribution in [0.5, 0.6) is 0 Å². The van der Waals surface area contributed by atoms with Crippen LogP contribution in [0, 0.1) is 12.7 Å². The van der Waals surface area contributed by atoms with Crippen molar-refractivity contribution in [3.05, 3.63) is 65.4 Å². The van der Waals surface area contributed by atoms with Gasteiger partial charge in [-0.25, -0.2) is 13.9 Å². The molecular weight excluding hydrogens is 345 g/mol. The molecule has 0 bridgehead atoms. The van der Waals surface area contributed by atoms with Gasteiger partial charge in [0.15, 0.2) is 5.65 Å². The molecule has 0 N–H and O–H groups in total. The molecule has 1 aliphatic rings. The van der Waals surface area contributed by atoms with Crippen molar-refractivity contribution in [2.75, 3.05) is 26.2 Å². The molecule has 1 saturated heterocycles. The SMILES string of the molecule is Cc1nn2cccnc2c1C(=O)N1CCCN(Cc2ccc(F)cc2)CC1. The first-order valence-corrected chi connectivity index (χ1v) is 9.18. The number of rotatable bonds is 3. The second-order valence-corrected chi connectivity index (χ2v) is 6.90. The Bertz CT molecular complexity index is 953. The molecule has 3 heterocycles. The van der Waals surface area contributed by atoms with Crippen molar-refractivity contribution in [3.63, 3.8) is 0 Å². The molecule has 0 radical (unpaired) electrons. The maximum atomic E-state index is 13.1. The van der Waals surface area contributed by atoms with Gasteiger partial charge in [-0.15, -0.1) is 0 Å². The van der Waals surface area contributed by atoms with Crippen molar-refractivity contribution >= 4 is 11.6 Å². The van der Waals surface area contributed by atoms with Crippen LogP contribution in [0.3, 0.4) is 0 Å². The van der Waals surface area contributed by atoms with E-state index in [-0.39, 0.29) is 11.7 Å². The molecule has 0 atom stereocenters. The lowest BCUT2D eigenvalue weighted by Crippen LogP contribution is -2.35. The van der Waals surface area contributed by atoms with Crippen LogP contribution < -0.4 is 0 Å². The van der Waals surface area contributed by atoms with Crippen molar-refractivity contribution < 1.29 is 9.18 Å². The molecule has 1 fully saturated rings. The fourth-order valence-corrected chi connectivity index (χ4v) is 3.59. The molecular formula is C20H22FN5O. The van der Waals surface area contributed by atoms with Gasteiger partial charge < -0.3 is 4.90 Å². The number of carbonyl (C=O) groups excluding carboxylic acids is 1. The second kappa shape index (κ2) is 7.44. The van der Waals surface area contributed by atoms with Crippen molar-refractivity contribution in [2.24, 2.45) is 0 Å². The number of benzene rings is 1. The van der Waals surface area contributed by atoms with E-state index in [1.165, 1.54) is 12.1 Å². The summed E-state index contributed by atoms with van der Waals surface area (Å²) in [5.41, 5.74) is 2.97. The highest BCUT2D eigenvalue weighted by molar-refractivity contribution is 6.01. The third kappa shape index (κ3) is 3.68. The second-order valence-electron chi connectivity index (χ2n) is 6.90. The Balaban J connectivity index is 1.46. The van der Waals surface area contributed by atoms with Crippen LogP contribution in [0.15, 0.2) is 42.7 Å². The van der Waals surface area contributed by atoms with E-state index in [1.54, 1.807) is 23.0 Å². The lowest BCUT2D eigenvalue weighted by Gasteiger charge is -2.22. The third-order valence-corrected chi connectivity index (χ3v) is 4.98. The highest BCUT2D eigenvalue weighted by Gasteiger charge is 2.25. The summed E-state index contributed by atoms with van der Waals surface area (Å²) in [6, 6.07) is 8.41. The first-order chi connectivity index (χ1) is 13.1. The summed E-state index contributed by atoms with van der Waals surface area (Å²) in [4.78, 5) is 21.7. The van der Waals surface area contributed by atoms with E-state index >= 15 is 0 Å². The van der Waals surface area contributed by atoms with Gasteiger partial charge in [0.25, 0.3) is 5.91 Å². The Morgan fingerprint density at radius 1 is 1.15 bits per heavy atom. The monoisotopic (exact) mass is 367 g/mol. The zero-order valence-electron chi connectivity index (χ0n) is 15.3. The highest BCUT2D eigenvalue weighted by Crippen LogP contribution is 2.17. The minimum absolute atomic E-state index is 0.00941. The van der Waals surface area contributed by atoms with Crippen molar-refractivity contribution in [1.29, 1.82) is 0 Å². The van der Waals surface area contributed by atoms with Crippen LogP contribution in [-0.2, 0) is 6.54 Å². The molecule has 7 heteroatoms. The molecule has 0 saturated carbocycles. The highest BCUT2D eigenvalue weighted by atomic mass is 19.1. The Morgan fingerprint density at radius 2 is 1.96 bits per heavy atom. The molecule has 0 aliphatic carbocycles. The van der Waals surface area contributed by atoms with Crippen LogP contribution in [0.4, 0.5) is 4.39 Å². The number of aromatic nitrogens is 3. The molecule has 1 aliphatic heterocycles. The smallest absolute Gasteiger partial charge is 0.259 e. The first-order valence-electron chi connectivity index (χ1n) is 9.18. The van der Waals surface area contributed by atoms with Crippen molar-refractivity contribution in [2.45, 2.75) is 19.9 Å². The minimum Gasteiger partial charge on any atom is -0.337 e. The normalized spacial score (nSPS) is 15.9. The number of hydrogen-bond donors (Lipinski definition) is 0. The number of nitrogens with zero attached hydrogens (tertiary/aromatic N) is 5. The Hall–Kier alpha value is -2.80. The summed E-state index contributed by atoms with van der Waals surface area (Å²) in [5.74, 6) is -0.228. The van der Waals surface area contributed by atoms with Crippen LogP contribution >= 0.6 is 0 Å². The van der Waals surface area contributed by atoms with Crippen molar-refractivity contribution in [3.8, 4) is 0 Å². The van der Waals surface area contributed by atoms with E-state index in [0.717, 1.165) is 31.6 Å². The quantitative estimate of drug-likeness (QED) is 0.714. The van der Waals surface area contributed by atoms with E-state index in [9.17, 15) is 9.18 Å². The number of carbonyl (C=O) groups is 1. The van der Waals surface area contributed by atoms with Crippen LogP contribution in [0.1, 0.15) is 28.0 Å². The number of fused-ring (bicyclic) bond motifs is 1. The Morgan fingerprint density at radius 3 is 2.78 bits per heavy atom. The van der Waals surface area contributed by atoms with E-state index < -0.39 is 0 Å². The third-order valence-electron chi connectivity index (χ3n) is 4.98. The molecule has 1 aromatic carbocycles. The average molecular weight is 367 g/mol. The predicted octanol–water partition coefficient (Wildman–Crippen LogP) is 2.52. The Kier molecular flexibility index (Phi) is 4.85. The van der Waals surface area contributed by atoms with Gasteiger partial charge in [-0.2, -0.15) is 5.10 Å². The summed E-state index contributed by atoms with van der Waals surface area (Å²) in [6.07, 6.45) is 4.39. The molecule has 1 amide bonds. The van der Waals surface area contributed by atoms with Crippen LogP contribution in [0.2, 0.25) is 0 Å². The van der Waals surface area contributed by atoms with Gasteiger partial charge in [0.1, 0.15) is 11.4 Å². The van der Waals surface area contributed by atoms with Gasteiger partial charge in [-0.05, 0) is 37.1 Å². The fraction of sp³-hybridized carbons (Fsp3) is 0.350. The molecule has 0 unspecified atom stereocenters. The summed E-state index contributed by atoms with van der Waals surface area (Å²) in [7, 11) is 0. The lowest BCUT2D eigenvalue weighted by molar-refractivity contribution is 0.0762. The standard InChI is InChI=1S/C20H22FN5O/c1-15-18(19-22-8-2-11-26(19)23-15)20(27)25-10-3-9-24(12-13-25)14-16-4-6-17(21)7-5-16/h2,4-8,11H,3,9-10,12-14H2,1H3. The minimum atomic E-state index is -0.219. The molecule has 0 spiro atoms. The fourth-order valence-electron chi connectivity index (χ4n) is 3.59. The summed E-state index contributed by atoms with van der Waals surface area (Å²) < 4.78 is 14.7. The number of amides is 1. The number of aryl methyl sites for hydroxylation is 1. The molecule has 2 aromatic heterocycles. The molecule has 27 heavy (non-hydrogen) atoms. The molecule has 6 nitrogen and oxygen atoms in total. The van der Waals surface area contributed by atoms with E-state index in [1.807, 2.05) is 24.0 Å². The predicted molar refractivity (Wildman–Crippen MR) is 99.9 cm³/mol. The van der Waals surface area contributed by atoms with Crippen molar-refractivity contribution in [1.82, 2.24) is 24.4 Å². The van der Waals surface area contributed by atoms with E-state index in [2.05, 4.69) is 15.0 Å². The van der Waals surface area contributed by atoms with Gasteiger partial charge in [0.05, 0.1) is 5.69 Å². The Labute approximate surface area is 157 Å². The number of hydrogen-bond acceptors (Lipinski definition) is 4. The summed E-state index contributed by atoms with van der Waals surface area (Å²) >= 11 is 0. The maximum absolute atomic E-state index is 13.1. The van der Waals surface area contributed by atoms with Gasteiger partial charge in [0, 0.05) is 45.1 Å². The summed E-state index contributed by atoms with van der Waals surface area (Å²) in [6.45, 7) is 5.67. The van der Waals surface area contributed by atoms with Gasteiger partial charge >= 0.3 is 0 Å². The zero-order valence-corrected chi connectivity index (χ0v) is 15.3. The molecule has 4 rings (SSSR count).